The van der Waals surface area contributed by atoms with Crippen molar-refractivity contribution in [3.63, 3.8) is 0 Å². The molecule has 0 radical (unpaired) electrons. The highest BCUT2D eigenvalue weighted by atomic mass is 32.2. The number of carbonyl (C=O) groups is 2. The van der Waals surface area contributed by atoms with Crippen molar-refractivity contribution in [1.29, 1.82) is 0 Å². The Morgan fingerprint density at radius 3 is 1.80 bits per heavy atom. The number of hydrogen-bond donors (Lipinski definition) is 0. The van der Waals surface area contributed by atoms with Crippen LogP contribution in [0.3, 0.4) is 0 Å². The molecule has 234 valence electrons. The van der Waals surface area contributed by atoms with Crippen LogP contribution in [-0.2, 0) is 9.53 Å². The Balaban J connectivity index is 0.000000246. The number of thioether (sulfide) groups is 1. The van der Waals surface area contributed by atoms with E-state index in [9.17, 15) is 9.59 Å². The van der Waals surface area contributed by atoms with Gasteiger partial charge >= 0.3 is 6.09 Å². The fourth-order valence-electron chi connectivity index (χ4n) is 4.04. The molecule has 0 N–H and O–H groups in total. The van der Waals surface area contributed by atoms with Gasteiger partial charge in [0.2, 0.25) is 5.91 Å². The topological polar surface area (TPSA) is 111 Å². The maximum Gasteiger partial charge on any atom is 0.430 e. The summed E-state index contributed by atoms with van der Waals surface area (Å²) in [6, 6.07) is 7.52. The van der Waals surface area contributed by atoms with E-state index in [1.165, 1.54) is 5.01 Å². The summed E-state index contributed by atoms with van der Waals surface area (Å²) in [5.74, 6) is 7.11. The second-order valence-electron chi connectivity index (χ2n) is 10.7. The first kappa shape index (κ1) is 34.4. The molecule has 0 aromatic carbocycles. The Bertz CT molecular complexity index is 1650. The molecule has 12 heteroatoms. The predicted molar refractivity (Wildman–Crippen MR) is 178 cm³/mol. The predicted octanol–water partition coefficient (Wildman–Crippen LogP) is 4.86. The number of carbonyl (C=O) groups excluding carboxylic acids is 2. The largest absolute Gasteiger partial charge is 0.442 e. The van der Waals surface area contributed by atoms with Crippen molar-refractivity contribution in [2.24, 2.45) is 0 Å². The van der Waals surface area contributed by atoms with Crippen LogP contribution < -0.4 is 10.0 Å². The second kappa shape index (κ2) is 16.1. The third kappa shape index (κ3) is 9.71. The molecule has 0 aliphatic heterocycles. The number of nitrogens with zero attached hydrogens (tertiary/aromatic N) is 8. The van der Waals surface area contributed by atoms with Gasteiger partial charge in [0.15, 0.2) is 0 Å². The molecule has 4 aromatic rings. The van der Waals surface area contributed by atoms with Gasteiger partial charge in [-0.25, -0.2) is 34.1 Å². The Kier molecular flexibility index (Phi) is 12.3. The summed E-state index contributed by atoms with van der Waals surface area (Å²) in [5.41, 5.74) is 2.64. The second-order valence-corrected chi connectivity index (χ2v) is 11.6. The zero-order valence-electron chi connectivity index (χ0n) is 26.5. The van der Waals surface area contributed by atoms with Gasteiger partial charge < -0.3 is 4.74 Å². The quantitative estimate of drug-likeness (QED) is 0.242. The first-order chi connectivity index (χ1) is 21.5. The number of rotatable bonds is 9. The highest BCUT2D eigenvalue weighted by molar-refractivity contribution is 7.98. The fourth-order valence-corrected chi connectivity index (χ4v) is 4.42. The Hall–Kier alpha value is -5.07. The SMILES string of the molecule is C#CCN(C(=O)CCSC)n1cc(-c2cccnc2)nc1C.C#CCN(C(=O)OC(C)(C)C)n1cc(-c2cccnc2)nc1C. The molecule has 0 saturated heterocycles. The van der Waals surface area contributed by atoms with Crippen molar-refractivity contribution in [3.05, 3.63) is 73.1 Å². The van der Waals surface area contributed by atoms with Crippen LogP contribution in [0, 0.1) is 38.5 Å². The van der Waals surface area contributed by atoms with Crippen molar-refractivity contribution in [1.82, 2.24) is 29.3 Å². The van der Waals surface area contributed by atoms with Crippen LogP contribution in [0.2, 0.25) is 0 Å². The van der Waals surface area contributed by atoms with Crippen molar-refractivity contribution in [2.45, 2.75) is 46.6 Å². The van der Waals surface area contributed by atoms with Crippen LogP contribution in [0.25, 0.3) is 22.5 Å². The monoisotopic (exact) mass is 626 g/mol. The summed E-state index contributed by atoms with van der Waals surface area (Å²) in [5, 5.41) is 2.89. The zero-order valence-corrected chi connectivity index (χ0v) is 27.3. The summed E-state index contributed by atoms with van der Waals surface area (Å²) in [6.45, 7) is 9.37. The number of amides is 2. The first-order valence-electron chi connectivity index (χ1n) is 14.1. The molecular weight excluding hydrogens is 588 g/mol. The fraction of sp³-hybridized carbons (Fsp3) is 0.333. The van der Waals surface area contributed by atoms with Crippen LogP contribution in [0.1, 0.15) is 38.8 Å². The number of ether oxygens (including phenoxy) is 1. The Labute approximate surface area is 269 Å². The van der Waals surface area contributed by atoms with Crippen LogP contribution in [-0.4, -0.2) is 72.0 Å². The number of imidazole rings is 2. The maximum atomic E-state index is 12.4. The molecule has 0 aliphatic rings. The third-order valence-corrected chi connectivity index (χ3v) is 6.66. The number of hydrogen-bond acceptors (Lipinski definition) is 8. The average Bonchev–Trinajstić information content (AvgIpc) is 3.60. The smallest absolute Gasteiger partial charge is 0.430 e. The molecule has 45 heavy (non-hydrogen) atoms. The summed E-state index contributed by atoms with van der Waals surface area (Å²) in [6.07, 6.45) is 23.1. The first-order valence-corrected chi connectivity index (χ1v) is 15.5. The molecule has 11 nitrogen and oxygen atoms in total. The standard InChI is InChI=1S/C17H20N4O2.C16H18N4OS/c1-6-10-20(16(22)23-17(3,4)5)21-12-15(19-13(21)2)14-8-7-9-18-11-14;1-4-9-19(16(21)7-10-22-3)20-12-15(18-13(20)2)14-6-5-8-17-11-14/h1,7-9,11-12H,10H2,2-5H3;1,5-6,8,11-12H,7,9-10H2,2-3H3. The minimum absolute atomic E-state index is 0.00876. The van der Waals surface area contributed by atoms with Gasteiger partial charge in [0.1, 0.15) is 30.3 Å². The molecule has 0 atom stereocenters. The van der Waals surface area contributed by atoms with E-state index < -0.39 is 11.7 Å². The molecule has 4 aromatic heterocycles. The number of aromatic nitrogens is 6. The minimum atomic E-state index is -0.607. The van der Waals surface area contributed by atoms with E-state index in [4.69, 9.17) is 17.6 Å². The Morgan fingerprint density at radius 2 is 1.38 bits per heavy atom. The van der Waals surface area contributed by atoms with Crippen molar-refractivity contribution >= 4 is 23.8 Å². The summed E-state index contributed by atoms with van der Waals surface area (Å²) < 4.78 is 8.74. The molecule has 0 aliphatic carbocycles. The normalized spacial score (nSPS) is 10.6. The van der Waals surface area contributed by atoms with Gasteiger partial charge in [-0.1, -0.05) is 11.8 Å². The molecule has 2 amide bonds. The van der Waals surface area contributed by atoms with E-state index in [2.05, 4.69) is 31.8 Å². The highest BCUT2D eigenvalue weighted by Gasteiger charge is 2.24. The molecule has 4 rings (SSSR count). The van der Waals surface area contributed by atoms with E-state index in [0.717, 1.165) is 22.6 Å². The summed E-state index contributed by atoms with van der Waals surface area (Å²) in [4.78, 5) is 41.9. The van der Waals surface area contributed by atoms with E-state index >= 15 is 0 Å². The Morgan fingerprint density at radius 1 is 0.889 bits per heavy atom. The lowest BCUT2D eigenvalue weighted by Gasteiger charge is -2.27. The molecular formula is C33H38N8O3S. The number of terminal acetylenes is 2. The van der Waals surface area contributed by atoms with Crippen LogP contribution in [0.15, 0.2) is 61.4 Å². The third-order valence-electron chi connectivity index (χ3n) is 6.05. The highest BCUT2D eigenvalue weighted by Crippen LogP contribution is 2.19. The molecule has 0 saturated carbocycles. The number of aryl methyl sites for hydroxylation is 2. The van der Waals surface area contributed by atoms with Gasteiger partial charge in [-0.2, -0.15) is 11.8 Å². The molecule has 0 fully saturated rings. The maximum absolute atomic E-state index is 12.4. The molecule has 0 unspecified atom stereocenters. The lowest BCUT2D eigenvalue weighted by molar-refractivity contribution is -0.119. The molecule has 4 heterocycles. The van der Waals surface area contributed by atoms with E-state index in [1.54, 1.807) is 84.8 Å². The minimum Gasteiger partial charge on any atom is -0.442 e. The van der Waals surface area contributed by atoms with Crippen molar-refractivity contribution in [2.75, 3.05) is 35.1 Å². The van der Waals surface area contributed by atoms with Crippen molar-refractivity contribution < 1.29 is 14.3 Å². The van der Waals surface area contributed by atoms with Crippen LogP contribution in [0.5, 0.6) is 0 Å². The van der Waals surface area contributed by atoms with Gasteiger partial charge in [0.05, 0.1) is 23.8 Å². The lowest BCUT2D eigenvalue weighted by Crippen LogP contribution is -2.44. The molecule has 0 spiro atoms. The van der Waals surface area contributed by atoms with E-state index in [-0.39, 0.29) is 19.0 Å². The average molecular weight is 627 g/mol. The number of pyridine rings is 2. The van der Waals surface area contributed by atoms with Crippen LogP contribution in [0.4, 0.5) is 4.79 Å². The van der Waals surface area contributed by atoms with Gasteiger partial charge in [-0.3, -0.25) is 14.8 Å². The van der Waals surface area contributed by atoms with Crippen molar-refractivity contribution in [3.8, 4) is 47.2 Å². The summed E-state index contributed by atoms with van der Waals surface area (Å²) >= 11 is 1.63. The summed E-state index contributed by atoms with van der Waals surface area (Å²) in [7, 11) is 0. The van der Waals surface area contributed by atoms with E-state index in [1.807, 2.05) is 43.6 Å². The van der Waals surface area contributed by atoms with Crippen LogP contribution >= 0.6 is 11.8 Å². The van der Waals surface area contributed by atoms with Gasteiger partial charge in [0.25, 0.3) is 0 Å². The molecule has 0 bridgehead atoms. The lowest BCUT2D eigenvalue weighted by atomic mass is 10.2. The van der Waals surface area contributed by atoms with Gasteiger partial charge in [-0.15, -0.1) is 12.8 Å². The van der Waals surface area contributed by atoms with Gasteiger partial charge in [-0.05, 0) is 65.1 Å². The zero-order chi connectivity index (χ0) is 33.0. The van der Waals surface area contributed by atoms with Gasteiger partial charge in [0, 0.05) is 48.1 Å². The van der Waals surface area contributed by atoms with E-state index in [0.29, 0.717) is 23.8 Å².